The third-order valence-corrected chi connectivity index (χ3v) is 2.34. The number of amides is 1. The Labute approximate surface area is 67.3 Å². The zero-order valence-electron chi connectivity index (χ0n) is 7.17. The minimum atomic E-state index is -0.211. The lowest BCUT2D eigenvalue weighted by atomic mass is 10.2. The molecular weight excluding hydrogens is 142 g/mol. The number of carbonyl (C=O) groups excluding carboxylic acids is 1. The number of ether oxygens (including phenoxy) is 1. The lowest BCUT2D eigenvalue weighted by molar-refractivity contribution is 0.118. The van der Waals surface area contributed by atoms with Gasteiger partial charge in [0, 0.05) is 13.1 Å². The Kier molecular flexibility index (Phi) is 2.74. The van der Waals surface area contributed by atoms with Crippen LogP contribution in [0, 0.1) is 0 Å². The van der Waals surface area contributed by atoms with Crippen molar-refractivity contribution in [2.24, 2.45) is 0 Å². The largest absolute Gasteiger partial charge is 0.453 e. The molecule has 0 unspecified atom stereocenters. The molecule has 0 radical (unpaired) electrons. The predicted molar refractivity (Wildman–Crippen MR) is 42.4 cm³/mol. The first-order chi connectivity index (χ1) is 5.25. The molecule has 0 spiro atoms. The van der Waals surface area contributed by atoms with Crippen molar-refractivity contribution in [3.63, 3.8) is 0 Å². The molecule has 0 aromatic rings. The van der Waals surface area contributed by atoms with Gasteiger partial charge in [-0.1, -0.05) is 12.8 Å². The second-order valence-electron chi connectivity index (χ2n) is 3.02. The average molecular weight is 157 g/mol. The van der Waals surface area contributed by atoms with Crippen LogP contribution in [0.25, 0.3) is 0 Å². The lowest BCUT2D eigenvalue weighted by Crippen LogP contribution is -2.34. The molecule has 0 bridgehead atoms. The van der Waals surface area contributed by atoms with Gasteiger partial charge in [-0.05, 0) is 12.8 Å². The zero-order chi connectivity index (χ0) is 8.27. The topological polar surface area (TPSA) is 29.5 Å². The van der Waals surface area contributed by atoms with Crippen LogP contribution in [0.5, 0.6) is 0 Å². The van der Waals surface area contributed by atoms with Crippen molar-refractivity contribution in [3.8, 4) is 0 Å². The number of nitrogens with zero attached hydrogens (tertiary/aromatic N) is 1. The van der Waals surface area contributed by atoms with Crippen molar-refractivity contribution in [2.75, 3.05) is 14.2 Å². The monoisotopic (exact) mass is 157 g/mol. The molecule has 1 aliphatic rings. The second-order valence-corrected chi connectivity index (χ2v) is 3.02. The molecular formula is C8H15NO2. The first-order valence-electron chi connectivity index (χ1n) is 4.06. The highest BCUT2D eigenvalue weighted by Gasteiger charge is 2.23. The zero-order valence-corrected chi connectivity index (χ0v) is 7.17. The molecule has 1 rings (SSSR count). The molecule has 0 aliphatic heterocycles. The summed E-state index contributed by atoms with van der Waals surface area (Å²) in [7, 11) is 3.23. The fourth-order valence-corrected chi connectivity index (χ4v) is 1.58. The van der Waals surface area contributed by atoms with Crippen LogP contribution in [0.3, 0.4) is 0 Å². The summed E-state index contributed by atoms with van der Waals surface area (Å²) in [6.45, 7) is 0. The van der Waals surface area contributed by atoms with Gasteiger partial charge in [-0.2, -0.15) is 0 Å². The van der Waals surface area contributed by atoms with E-state index in [1.54, 1.807) is 4.90 Å². The minimum Gasteiger partial charge on any atom is -0.453 e. The van der Waals surface area contributed by atoms with Gasteiger partial charge in [0.1, 0.15) is 0 Å². The summed E-state index contributed by atoms with van der Waals surface area (Å²) >= 11 is 0. The average Bonchev–Trinajstić information content (AvgIpc) is 2.53. The van der Waals surface area contributed by atoms with Crippen LogP contribution in [-0.2, 0) is 4.74 Å². The van der Waals surface area contributed by atoms with Gasteiger partial charge in [0.15, 0.2) is 0 Å². The fourth-order valence-electron chi connectivity index (χ4n) is 1.58. The van der Waals surface area contributed by atoms with E-state index in [1.165, 1.54) is 20.0 Å². The SMILES string of the molecule is COC(=O)N(C)C1CCCC1. The molecule has 64 valence electrons. The Hall–Kier alpha value is -0.730. The summed E-state index contributed by atoms with van der Waals surface area (Å²) < 4.78 is 4.61. The molecule has 1 fully saturated rings. The van der Waals surface area contributed by atoms with Crippen LogP contribution in [0.4, 0.5) is 4.79 Å². The van der Waals surface area contributed by atoms with Crippen molar-refractivity contribution in [1.82, 2.24) is 4.90 Å². The van der Waals surface area contributed by atoms with Gasteiger partial charge >= 0.3 is 6.09 Å². The van der Waals surface area contributed by atoms with E-state index in [0.717, 1.165) is 12.8 Å². The Bertz CT molecular complexity index is 141. The van der Waals surface area contributed by atoms with E-state index < -0.39 is 0 Å². The van der Waals surface area contributed by atoms with Crippen molar-refractivity contribution in [3.05, 3.63) is 0 Å². The molecule has 0 N–H and O–H groups in total. The number of hydrogen-bond donors (Lipinski definition) is 0. The molecule has 11 heavy (non-hydrogen) atoms. The van der Waals surface area contributed by atoms with Crippen molar-refractivity contribution < 1.29 is 9.53 Å². The van der Waals surface area contributed by atoms with Gasteiger partial charge in [0.05, 0.1) is 7.11 Å². The highest BCUT2D eigenvalue weighted by Crippen LogP contribution is 2.22. The molecule has 1 aliphatic carbocycles. The van der Waals surface area contributed by atoms with E-state index in [1.807, 2.05) is 7.05 Å². The molecule has 0 aromatic carbocycles. The van der Waals surface area contributed by atoms with Crippen LogP contribution < -0.4 is 0 Å². The van der Waals surface area contributed by atoms with Crippen molar-refractivity contribution in [2.45, 2.75) is 31.7 Å². The highest BCUT2D eigenvalue weighted by atomic mass is 16.5. The summed E-state index contributed by atoms with van der Waals surface area (Å²) in [5.41, 5.74) is 0. The minimum absolute atomic E-state index is 0.211. The third-order valence-electron chi connectivity index (χ3n) is 2.34. The molecule has 0 atom stereocenters. The van der Waals surface area contributed by atoms with E-state index in [2.05, 4.69) is 4.74 Å². The second kappa shape index (κ2) is 3.60. The molecule has 0 saturated heterocycles. The van der Waals surface area contributed by atoms with Crippen LogP contribution in [0.1, 0.15) is 25.7 Å². The fraction of sp³-hybridized carbons (Fsp3) is 0.875. The predicted octanol–water partition coefficient (Wildman–Crippen LogP) is 1.63. The maximum absolute atomic E-state index is 11.0. The van der Waals surface area contributed by atoms with Crippen LogP contribution in [0.2, 0.25) is 0 Å². The van der Waals surface area contributed by atoms with Gasteiger partial charge in [0.25, 0.3) is 0 Å². The van der Waals surface area contributed by atoms with Crippen LogP contribution >= 0.6 is 0 Å². The van der Waals surface area contributed by atoms with Gasteiger partial charge in [0.2, 0.25) is 0 Å². The smallest absolute Gasteiger partial charge is 0.409 e. The number of methoxy groups -OCH3 is 1. The summed E-state index contributed by atoms with van der Waals surface area (Å²) in [6, 6.07) is 0.419. The Morgan fingerprint density at radius 1 is 1.45 bits per heavy atom. The standard InChI is InChI=1S/C8H15NO2/c1-9(8(10)11-2)7-5-3-4-6-7/h7H,3-6H2,1-2H3. The van der Waals surface area contributed by atoms with Crippen molar-refractivity contribution >= 4 is 6.09 Å². The summed E-state index contributed by atoms with van der Waals surface area (Å²) in [5, 5.41) is 0. The molecule has 3 nitrogen and oxygen atoms in total. The third kappa shape index (κ3) is 1.85. The van der Waals surface area contributed by atoms with E-state index >= 15 is 0 Å². The van der Waals surface area contributed by atoms with Gasteiger partial charge in [-0.15, -0.1) is 0 Å². The normalized spacial score (nSPS) is 18.4. The molecule has 0 heterocycles. The van der Waals surface area contributed by atoms with E-state index in [9.17, 15) is 4.79 Å². The lowest BCUT2D eigenvalue weighted by Gasteiger charge is -2.22. The number of carbonyl (C=O) groups is 1. The first-order valence-corrected chi connectivity index (χ1v) is 4.06. The highest BCUT2D eigenvalue weighted by molar-refractivity contribution is 5.67. The summed E-state index contributed by atoms with van der Waals surface area (Å²) in [5.74, 6) is 0. The number of rotatable bonds is 1. The molecule has 1 saturated carbocycles. The van der Waals surface area contributed by atoms with Crippen LogP contribution in [0.15, 0.2) is 0 Å². The summed E-state index contributed by atoms with van der Waals surface area (Å²) in [6.07, 6.45) is 4.53. The Balaban J connectivity index is 2.39. The van der Waals surface area contributed by atoms with Crippen molar-refractivity contribution in [1.29, 1.82) is 0 Å². The molecule has 1 amide bonds. The number of hydrogen-bond acceptors (Lipinski definition) is 2. The van der Waals surface area contributed by atoms with E-state index in [-0.39, 0.29) is 6.09 Å². The first kappa shape index (κ1) is 8.37. The van der Waals surface area contributed by atoms with E-state index in [0.29, 0.717) is 6.04 Å². The quantitative estimate of drug-likeness (QED) is 0.579. The van der Waals surface area contributed by atoms with Gasteiger partial charge in [-0.25, -0.2) is 4.79 Å². The Morgan fingerprint density at radius 2 is 2.00 bits per heavy atom. The molecule has 0 aromatic heterocycles. The van der Waals surface area contributed by atoms with Gasteiger partial charge in [-0.3, -0.25) is 0 Å². The summed E-state index contributed by atoms with van der Waals surface area (Å²) in [4.78, 5) is 12.7. The maximum atomic E-state index is 11.0. The molecule has 3 heteroatoms. The van der Waals surface area contributed by atoms with E-state index in [4.69, 9.17) is 0 Å². The Morgan fingerprint density at radius 3 is 2.45 bits per heavy atom. The maximum Gasteiger partial charge on any atom is 0.409 e. The van der Waals surface area contributed by atoms with Gasteiger partial charge < -0.3 is 9.64 Å². The van der Waals surface area contributed by atoms with Crippen LogP contribution in [-0.4, -0.2) is 31.2 Å².